The van der Waals surface area contributed by atoms with Gasteiger partial charge in [0.2, 0.25) is 5.91 Å². The van der Waals surface area contributed by atoms with Crippen LogP contribution in [0.5, 0.6) is 0 Å². The van der Waals surface area contributed by atoms with E-state index in [1.54, 1.807) is 0 Å². The van der Waals surface area contributed by atoms with E-state index in [0.29, 0.717) is 16.0 Å². The van der Waals surface area contributed by atoms with Crippen molar-refractivity contribution in [3.63, 3.8) is 0 Å². The van der Waals surface area contributed by atoms with Gasteiger partial charge in [-0.05, 0) is 59.5 Å². The number of benzene rings is 3. The van der Waals surface area contributed by atoms with E-state index in [9.17, 15) is 4.79 Å². The summed E-state index contributed by atoms with van der Waals surface area (Å²) in [7, 11) is 3.96. The molecule has 0 saturated carbocycles. The molecule has 186 valence electrons. The first kappa shape index (κ1) is 25.8. The van der Waals surface area contributed by atoms with Crippen molar-refractivity contribution < 1.29 is 4.79 Å². The molecule has 1 amide bonds. The van der Waals surface area contributed by atoms with Crippen LogP contribution in [0.1, 0.15) is 26.3 Å². The Kier molecular flexibility index (Phi) is 7.71. The van der Waals surface area contributed by atoms with Gasteiger partial charge in [0.25, 0.3) is 0 Å². The molecule has 0 fully saturated rings. The standard InChI is InChI=1S/C28H30ClN5OS/c1-28(2,3)20-8-6-19(7-9-20)26-31-32-27(34(26)24-14-10-21(29)11-15-24)36-18-25(35)30-22-12-16-23(17-13-22)33(4)5/h6-17H,18H2,1-5H3,(H,30,35). The van der Waals surface area contributed by atoms with Crippen molar-refractivity contribution in [3.05, 3.63) is 83.4 Å². The Labute approximate surface area is 221 Å². The molecule has 36 heavy (non-hydrogen) atoms. The van der Waals surface area contributed by atoms with Gasteiger partial charge < -0.3 is 10.2 Å². The van der Waals surface area contributed by atoms with Crippen molar-refractivity contribution >= 4 is 40.6 Å². The number of thioether (sulfide) groups is 1. The zero-order valence-electron chi connectivity index (χ0n) is 21.1. The van der Waals surface area contributed by atoms with Crippen LogP contribution < -0.4 is 10.2 Å². The minimum Gasteiger partial charge on any atom is -0.378 e. The first-order valence-corrected chi connectivity index (χ1v) is 13.0. The summed E-state index contributed by atoms with van der Waals surface area (Å²) in [6.07, 6.45) is 0. The molecule has 0 radical (unpaired) electrons. The van der Waals surface area contributed by atoms with Crippen molar-refractivity contribution in [2.75, 3.05) is 30.1 Å². The first-order chi connectivity index (χ1) is 17.1. The lowest BCUT2D eigenvalue weighted by atomic mass is 9.87. The van der Waals surface area contributed by atoms with E-state index in [1.807, 2.05) is 72.1 Å². The molecule has 0 unspecified atom stereocenters. The number of aromatic nitrogens is 3. The highest BCUT2D eigenvalue weighted by atomic mass is 35.5. The number of rotatable bonds is 7. The fraction of sp³-hybridized carbons (Fsp3) is 0.250. The molecule has 6 nitrogen and oxygen atoms in total. The number of hydrogen-bond donors (Lipinski definition) is 1. The highest BCUT2D eigenvalue weighted by Gasteiger charge is 2.19. The molecule has 8 heteroatoms. The Hall–Kier alpha value is -3.29. The molecule has 0 saturated heterocycles. The largest absolute Gasteiger partial charge is 0.378 e. The first-order valence-electron chi connectivity index (χ1n) is 11.6. The van der Waals surface area contributed by atoms with E-state index in [4.69, 9.17) is 11.6 Å². The summed E-state index contributed by atoms with van der Waals surface area (Å²) in [5.41, 5.74) is 4.95. The van der Waals surface area contributed by atoms with Crippen LogP contribution in [-0.2, 0) is 10.2 Å². The van der Waals surface area contributed by atoms with Crippen molar-refractivity contribution in [1.82, 2.24) is 14.8 Å². The smallest absolute Gasteiger partial charge is 0.234 e. The number of halogens is 1. The maximum absolute atomic E-state index is 12.7. The van der Waals surface area contributed by atoms with Gasteiger partial charge in [-0.25, -0.2) is 0 Å². The Balaban J connectivity index is 1.57. The lowest BCUT2D eigenvalue weighted by molar-refractivity contribution is -0.113. The van der Waals surface area contributed by atoms with E-state index in [2.05, 4.69) is 60.6 Å². The van der Waals surface area contributed by atoms with Gasteiger partial charge >= 0.3 is 0 Å². The summed E-state index contributed by atoms with van der Waals surface area (Å²) in [5.74, 6) is 0.795. The summed E-state index contributed by atoms with van der Waals surface area (Å²) in [6, 6.07) is 23.6. The molecule has 0 bridgehead atoms. The van der Waals surface area contributed by atoms with Crippen LogP contribution in [-0.4, -0.2) is 40.5 Å². The Bertz CT molecular complexity index is 1320. The zero-order chi connectivity index (χ0) is 25.9. The maximum Gasteiger partial charge on any atom is 0.234 e. The van der Waals surface area contributed by atoms with E-state index < -0.39 is 0 Å². The molecule has 1 N–H and O–H groups in total. The summed E-state index contributed by atoms with van der Waals surface area (Å²) in [5, 5.41) is 13.1. The fourth-order valence-corrected chi connectivity index (χ4v) is 4.54. The molecular weight excluding hydrogens is 490 g/mol. The third kappa shape index (κ3) is 6.09. The van der Waals surface area contributed by atoms with Crippen LogP contribution in [0.15, 0.2) is 78.0 Å². The third-order valence-corrected chi connectivity index (χ3v) is 6.91. The van der Waals surface area contributed by atoms with E-state index in [1.165, 1.54) is 17.3 Å². The average Bonchev–Trinajstić information content (AvgIpc) is 3.27. The molecular formula is C28H30ClN5OS. The molecule has 0 atom stereocenters. The monoisotopic (exact) mass is 519 g/mol. The Morgan fingerprint density at radius 2 is 1.58 bits per heavy atom. The second-order valence-corrected chi connectivity index (χ2v) is 11.1. The molecule has 0 spiro atoms. The number of carbonyl (C=O) groups is 1. The van der Waals surface area contributed by atoms with E-state index >= 15 is 0 Å². The summed E-state index contributed by atoms with van der Waals surface area (Å²) in [6.45, 7) is 6.57. The topological polar surface area (TPSA) is 63.1 Å². The quantitative estimate of drug-likeness (QED) is 0.276. The number of anilines is 2. The average molecular weight is 520 g/mol. The van der Waals surface area contributed by atoms with Crippen molar-refractivity contribution in [2.24, 2.45) is 0 Å². The number of nitrogens with zero attached hydrogens (tertiary/aromatic N) is 4. The van der Waals surface area contributed by atoms with Crippen LogP contribution in [0.4, 0.5) is 11.4 Å². The lowest BCUT2D eigenvalue weighted by Gasteiger charge is -2.19. The van der Waals surface area contributed by atoms with Gasteiger partial charge in [0.1, 0.15) is 0 Å². The molecule has 0 aliphatic carbocycles. The Morgan fingerprint density at radius 1 is 0.944 bits per heavy atom. The minimum atomic E-state index is -0.112. The SMILES string of the molecule is CN(C)c1ccc(NC(=O)CSc2nnc(-c3ccc(C(C)(C)C)cc3)n2-c2ccc(Cl)cc2)cc1. The van der Waals surface area contributed by atoms with Gasteiger partial charge in [-0.1, -0.05) is 68.4 Å². The van der Waals surface area contributed by atoms with Crippen LogP contribution >= 0.6 is 23.4 Å². The molecule has 4 rings (SSSR count). The number of hydrogen-bond acceptors (Lipinski definition) is 5. The molecule has 1 aromatic heterocycles. The molecule has 4 aromatic rings. The molecule has 0 aliphatic rings. The van der Waals surface area contributed by atoms with Crippen molar-refractivity contribution in [2.45, 2.75) is 31.3 Å². The summed E-state index contributed by atoms with van der Waals surface area (Å²) in [4.78, 5) is 14.7. The van der Waals surface area contributed by atoms with Crippen LogP contribution in [0.25, 0.3) is 17.1 Å². The second-order valence-electron chi connectivity index (χ2n) is 9.72. The highest BCUT2D eigenvalue weighted by molar-refractivity contribution is 7.99. The molecule has 1 heterocycles. The lowest BCUT2D eigenvalue weighted by Crippen LogP contribution is -2.15. The normalized spacial score (nSPS) is 11.4. The van der Waals surface area contributed by atoms with Crippen molar-refractivity contribution in [3.8, 4) is 17.1 Å². The van der Waals surface area contributed by atoms with Gasteiger partial charge in [-0.15, -0.1) is 10.2 Å². The molecule has 3 aromatic carbocycles. The zero-order valence-corrected chi connectivity index (χ0v) is 22.7. The maximum atomic E-state index is 12.7. The van der Waals surface area contributed by atoms with Gasteiger partial charge in [0.05, 0.1) is 5.75 Å². The second kappa shape index (κ2) is 10.8. The fourth-order valence-electron chi connectivity index (χ4n) is 3.66. The number of carbonyl (C=O) groups excluding carboxylic acids is 1. The van der Waals surface area contributed by atoms with Gasteiger partial charge in [-0.2, -0.15) is 0 Å². The molecule has 0 aliphatic heterocycles. The predicted octanol–water partition coefficient (Wildman–Crippen LogP) is 6.68. The van der Waals surface area contributed by atoms with Gasteiger partial charge in [-0.3, -0.25) is 9.36 Å². The number of amides is 1. The minimum absolute atomic E-state index is 0.0591. The highest BCUT2D eigenvalue weighted by Crippen LogP contribution is 2.30. The summed E-state index contributed by atoms with van der Waals surface area (Å²) >= 11 is 7.48. The van der Waals surface area contributed by atoms with Gasteiger partial charge in [0, 0.05) is 41.7 Å². The van der Waals surface area contributed by atoms with E-state index in [0.717, 1.165) is 22.6 Å². The van der Waals surface area contributed by atoms with Crippen LogP contribution in [0.2, 0.25) is 5.02 Å². The van der Waals surface area contributed by atoms with Crippen LogP contribution in [0.3, 0.4) is 0 Å². The van der Waals surface area contributed by atoms with Gasteiger partial charge in [0.15, 0.2) is 11.0 Å². The van der Waals surface area contributed by atoms with Crippen molar-refractivity contribution in [1.29, 1.82) is 0 Å². The van der Waals surface area contributed by atoms with Crippen LogP contribution in [0, 0.1) is 0 Å². The predicted molar refractivity (Wildman–Crippen MR) is 151 cm³/mol. The summed E-state index contributed by atoms with van der Waals surface area (Å²) < 4.78 is 1.96. The van der Waals surface area contributed by atoms with E-state index in [-0.39, 0.29) is 17.1 Å². The Morgan fingerprint density at radius 3 is 2.17 bits per heavy atom. The number of nitrogens with one attached hydrogen (secondary N) is 1. The third-order valence-electron chi connectivity index (χ3n) is 5.73.